The normalized spacial score (nSPS) is 18.3. The molecule has 0 radical (unpaired) electrons. The highest BCUT2D eigenvalue weighted by atomic mass is 16.5. The molecular formula is C20H32N2O2. The minimum atomic E-state index is 0.0658. The zero-order chi connectivity index (χ0) is 17.6. The second kappa shape index (κ2) is 8.41. The van der Waals surface area contributed by atoms with Crippen LogP contribution >= 0.6 is 0 Å². The van der Waals surface area contributed by atoms with Crippen LogP contribution in [0.4, 0.5) is 4.79 Å². The van der Waals surface area contributed by atoms with Crippen molar-refractivity contribution >= 4 is 6.03 Å². The molecule has 4 nitrogen and oxygen atoms in total. The Morgan fingerprint density at radius 2 is 2.00 bits per heavy atom. The Labute approximate surface area is 146 Å². The van der Waals surface area contributed by atoms with Crippen molar-refractivity contribution in [3.8, 4) is 5.75 Å². The third-order valence-corrected chi connectivity index (χ3v) is 4.53. The topological polar surface area (TPSA) is 41.6 Å². The van der Waals surface area contributed by atoms with Crippen molar-refractivity contribution < 1.29 is 9.53 Å². The van der Waals surface area contributed by atoms with Crippen LogP contribution in [0.2, 0.25) is 0 Å². The zero-order valence-corrected chi connectivity index (χ0v) is 15.6. The molecule has 1 unspecified atom stereocenters. The van der Waals surface area contributed by atoms with E-state index >= 15 is 0 Å². The number of nitrogens with zero attached hydrogens (tertiary/aromatic N) is 1. The van der Waals surface area contributed by atoms with Crippen LogP contribution in [-0.2, 0) is 5.41 Å². The Bertz CT molecular complexity index is 519. The Kier molecular flexibility index (Phi) is 6.52. The van der Waals surface area contributed by atoms with Crippen LogP contribution in [0.1, 0.15) is 52.5 Å². The Hall–Kier alpha value is -1.71. The van der Waals surface area contributed by atoms with Crippen LogP contribution in [0, 0.1) is 5.92 Å². The highest BCUT2D eigenvalue weighted by Gasteiger charge is 2.20. The molecule has 4 heteroatoms. The van der Waals surface area contributed by atoms with Gasteiger partial charge in [0, 0.05) is 19.6 Å². The van der Waals surface area contributed by atoms with Gasteiger partial charge in [0.25, 0.3) is 0 Å². The molecule has 1 fully saturated rings. The summed E-state index contributed by atoms with van der Waals surface area (Å²) in [6.45, 7) is 11.8. The van der Waals surface area contributed by atoms with Crippen molar-refractivity contribution in [1.82, 2.24) is 10.2 Å². The summed E-state index contributed by atoms with van der Waals surface area (Å²) in [6, 6.07) is 8.35. The Balaban J connectivity index is 1.63. The quantitative estimate of drug-likeness (QED) is 0.821. The number of likely N-dealkylation sites (tertiary alicyclic amines) is 1. The van der Waals surface area contributed by atoms with Crippen molar-refractivity contribution in [3.63, 3.8) is 0 Å². The third-order valence-electron chi connectivity index (χ3n) is 4.53. The van der Waals surface area contributed by atoms with Gasteiger partial charge in [-0.25, -0.2) is 4.79 Å². The molecule has 1 N–H and O–H groups in total. The first-order valence-electron chi connectivity index (χ1n) is 9.12. The lowest BCUT2D eigenvalue weighted by Crippen LogP contribution is -2.45. The van der Waals surface area contributed by atoms with Gasteiger partial charge < -0.3 is 15.0 Å². The molecule has 1 aliphatic rings. The molecule has 0 bridgehead atoms. The monoisotopic (exact) mass is 332 g/mol. The van der Waals surface area contributed by atoms with Gasteiger partial charge in [0.2, 0.25) is 0 Å². The summed E-state index contributed by atoms with van der Waals surface area (Å²) in [5, 5.41) is 3.00. The molecule has 2 rings (SSSR count). The second-order valence-electron chi connectivity index (χ2n) is 7.90. The van der Waals surface area contributed by atoms with Crippen molar-refractivity contribution in [2.75, 3.05) is 26.2 Å². The fourth-order valence-electron chi connectivity index (χ4n) is 2.99. The summed E-state index contributed by atoms with van der Waals surface area (Å²) in [5.74, 6) is 1.50. The molecule has 1 aliphatic heterocycles. The predicted molar refractivity (Wildman–Crippen MR) is 98.6 cm³/mol. The van der Waals surface area contributed by atoms with Crippen molar-refractivity contribution in [2.24, 2.45) is 5.92 Å². The number of benzene rings is 1. The molecule has 0 aliphatic carbocycles. The number of carbonyl (C=O) groups is 1. The molecule has 134 valence electrons. The molecule has 2 amide bonds. The van der Waals surface area contributed by atoms with E-state index in [2.05, 4.69) is 45.1 Å². The van der Waals surface area contributed by atoms with Crippen molar-refractivity contribution in [2.45, 2.75) is 52.4 Å². The average Bonchev–Trinajstić information content (AvgIpc) is 2.54. The average molecular weight is 332 g/mol. The van der Waals surface area contributed by atoms with E-state index in [1.807, 2.05) is 17.0 Å². The van der Waals surface area contributed by atoms with E-state index in [0.717, 1.165) is 31.7 Å². The van der Waals surface area contributed by atoms with E-state index in [1.54, 1.807) is 0 Å². The molecule has 1 atom stereocenters. The number of rotatable bonds is 5. The van der Waals surface area contributed by atoms with Crippen LogP contribution in [0.15, 0.2) is 24.3 Å². The van der Waals surface area contributed by atoms with E-state index in [1.165, 1.54) is 12.0 Å². The van der Waals surface area contributed by atoms with Gasteiger partial charge in [0.1, 0.15) is 5.75 Å². The van der Waals surface area contributed by atoms with E-state index in [9.17, 15) is 4.79 Å². The number of ether oxygens (including phenoxy) is 1. The van der Waals surface area contributed by atoms with Crippen LogP contribution < -0.4 is 10.1 Å². The van der Waals surface area contributed by atoms with Gasteiger partial charge in [-0.2, -0.15) is 0 Å². The summed E-state index contributed by atoms with van der Waals surface area (Å²) < 4.78 is 5.75. The molecule has 1 aromatic carbocycles. The first-order valence-corrected chi connectivity index (χ1v) is 9.12. The Morgan fingerprint density at radius 3 is 2.62 bits per heavy atom. The predicted octanol–water partition coefficient (Wildman–Crippen LogP) is 4.19. The molecule has 1 heterocycles. The number of hydrogen-bond donors (Lipinski definition) is 1. The number of urea groups is 1. The van der Waals surface area contributed by atoms with E-state index in [-0.39, 0.29) is 11.4 Å². The number of amides is 2. The van der Waals surface area contributed by atoms with E-state index in [4.69, 9.17) is 4.74 Å². The molecule has 24 heavy (non-hydrogen) atoms. The highest BCUT2D eigenvalue weighted by Crippen LogP contribution is 2.24. The van der Waals surface area contributed by atoms with Gasteiger partial charge in [-0.1, -0.05) is 39.8 Å². The van der Waals surface area contributed by atoms with Crippen LogP contribution in [0.5, 0.6) is 5.75 Å². The Morgan fingerprint density at radius 1 is 1.29 bits per heavy atom. The third kappa shape index (κ3) is 5.73. The van der Waals surface area contributed by atoms with Gasteiger partial charge >= 0.3 is 6.03 Å². The van der Waals surface area contributed by atoms with Crippen LogP contribution in [0.25, 0.3) is 0 Å². The number of nitrogens with one attached hydrogen (secondary N) is 1. The lowest BCUT2D eigenvalue weighted by molar-refractivity contribution is 0.169. The van der Waals surface area contributed by atoms with E-state index < -0.39 is 0 Å². The number of carbonyl (C=O) groups excluding carboxylic acids is 1. The molecule has 0 saturated carbocycles. The summed E-state index contributed by atoms with van der Waals surface area (Å²) >= 11 is 0. The largest absolute Gasteiger partial charge is 0.494 e. The standard InChI is InChI=1S/C20H32N2O2/c1-16-7-5-13-22(15-16)19(23)21-12-6-14-24-18-10-8-17(9-11-18)20(2,3)4/h8-11,16H,5-7,12-15H2,1-4H3,(H,21,23). The SMILES string of the molecule is CC1CCCN(C(=O)NCCCOc2ccc(C(C)(C)C)cc2)C1. The first-order chi connectivity index (χ1) is 11.4. The smallest absolute Gasteiger partial charge is 0.317 e. The van der Waals surface area contributed by atoms with Crippen LogP contribution in [-0.4, -0.2) is 37.2 Å². The van der Waals surface area contributed by atoms with Crippen molar-refractivity contribution in [3.05, 3.63) is 29.8 Å². The zero-order valence-electron chi connectivity index (χ0n) is 15.6. The van der Waals surface area contributed by atoms with Crippen LogP contribution in [0.3, 0.4) is 0 Å². The number of hydrogen-bond acceptors (Lipinski definition) is 2. The van der Waals surface area contributed by atoms with Gasteiger partial charge in [0.05, 0.1) is 6.61 Å². The van der Waals surface area contributed by atoms with Crippen molar-refractivity contribution in [1.29, 1.82) is 0 Å². The maximum atomic E-state index is 12.1. The maximum absolute atomic E-state index is 12.1. The first kappa shape index (κ1) is 18.6. The van der Waals surface area contributed by atoms with Gasteiger partial charge in [-0.3, -0.25) is 0 Å². The summed E-state index contributed by atoms with van der Waals surface area (Å²) in [6.07, 6.45) is 3.16. The summed E-state index contributed by atoms with van der Waals surface area (Å²) in [5.41, 5.74) is 1.47. The van der Waals surface area contributed by atoms with Gasteiger partial charge in [-0.05, 0) is 48.3 Å². The number of piperidine rings is 1. The highest BCUT2D eigenvalue weighted by molar-refractivity contribution is 5.74. The minimum Gasteiger partial charge on any atom is -0.494 e. The minimum absolute atomic E-state index is 0.0658. The van der Waals surface area contributed by atoms with Gasteiger partial charge in [0.15, 0.2) is 0 Å². The summed E-state index contributed by atoms with van der Waals surface area (Å²) in [7, 11) is 0. The fourth-order valence-corrected chi connectivity index (χ4v) is 2.99. The maximum Gasteiger partial charge on any atom is 0.317 e. The lowest BCUT2D eigenvalue weighted by atomic mass is 9.87. The van der Waals surface area contributed by atoms with Gasteiger partial charge in [-0.15, -0.1) is 0 Å². The molecule has 1 saturated heterocycles. The fraction of sp³-hybridized carbons (Fsp3) is 0.650. The lowest BCUT2D eigenvalue weighted by Gasteiger charge is -2.30. The second-order valence-corrected chi connectivity index (χ2v) is 7.90. The molecule has 0 aromatic heterocycles. The molecule has 1 aromatic rings. The molecular weight excluding hydrogens is 300 g/mol. The van der Waals surface area contributed by atoms with E-state index in [0.29, 0.717) is 19.1 Å². The molecule has 0 spiro atoms. The summed E-state index contributed by atoms with van der Waals surface area (Å²) in [4.78, 5) is 14.0.